The molecule has 29 heavy (non-hydrogen) atoms. The van der Waals surface area contributed by atoms with Crippen molar-refractivity contribution in [3.63, 3.8) is 0 Å². The molecule has 0 spiro atoms. The fraction of sp³-hybridized carbons (Fsp3) is 0.400. The molecule has 0 N–H and O–H groups in total. The average molecular weight is 454 g/mol. The Hall–Kier alpha value is -1.71. The number of halogens is 1. The number of nitrogens with zero attached hydrogens (tertiary/aromatic N) is 3. The number of hydrogen-bond donors (Lipinski definition) is 0. The van der Waals surface area contributed by atoms with Crippen LogP contribution in [0.1, 0.15) is 15.2 Å². The molecular formula is C20H24ClN3O3S2. The quantitative estimate of drug-likeness (QED) is 0.563. The molecule has 1 aliphatic rings. The number of amides is 1. The van der Waals surface area contributed by atoms with E-state index >= 15 is 0 Å². The van der Waals surface area contributed by atoms with E-state index in [1.165, 1.54) is 11.3 Å². The van der Waals surface area contributed by atoms with Crippen LogP contribution in [0, 0.1) is 6.92 Å². The summed E-state index contributed by atoms with van der Waals surface area (Å²) in [5.41, 5.74) is 1.95. The van der Waals surface area contributed by atoms with Gasteiger partial charge in [-0.05, 0) is 30.0 Å². The van der Waals surface area contributed by atoms with Gasteiger partial charge in [-0.15, -0.1) is 23.7 Å². The minimum atomic E-state index is -0.000986. The number of anilines is 1. The number of methoxy groups -OCH3 is 1. The fourth-order valence-corrected chi connectivity index (χ4v) is 5.01. The number of aromatic nitrogens is 1. The Labute approximate surface area is 184 Å². The third kappa shape index (κ3) is 4.73. The number of fused-ring (bicyclic) bond motifs is 1. The van der Waals surface area contributed by atoms with Gasteiger partial charge in [0.1, 0.15) is 11.3 Å². The van der Waals surface area contributed by atoms with Crippen molar-refractivity contribution in [1.29, 1.82) is 0 Å². The van der Waals surface area contributed by atoms with Crippen LogP contribution >= 0.6 is 35.1 Å². The normalized spacial score (nSPS) is 14.6. The molecule has 2 aromatic heterocycles. The second-order valence-corrected chi connectivity index (χ2v) is 8.57. The first kappa shape index (κ1) is 22.0. The third-order valence-corrected chi connectivity index (χ3v) is 6.94. The Morgan fingerprint density at radius 1 is 1.31 bits per heavy atom. The summed E-state index contributed by atoms with van der Waals surface area (Å²) < 4.78 is 12.0. The zero-order valence-electron chi connectivity index (χ0n) is 16.4. The smallest absolute Gasteiger partial charge is 0.270 e. The van der Waals surface area contributed by atoms with Crippen molar-refractivity contribution in [1.82, 2.24) is 9.88 Å². The van der Waals surface area contributed by atoms with E-state index in [2.05, 4.69) is 11.8 Å². The van der Waals surface area contributed by atoms with Gasteiger partial charge in [0.25, 0.3) is 5.91 Å². The Bertz CT molecular complexity index is 955. The first-order valence-electron chi connectivity index (χ1n) is 9.27. The van der Waals surface area contributed by atoms with Gasteiger partial charge in [-0.1, -0.05) is 23.5 Å². The molecule has 3 aromatic rings. The maximum atomic E-state index is 13.2. The lowest BCUT2D eigenvalue weighted by molar-refractivity contribution is 0.0391. The summed E-state index contributed by atoms with van der Waals surface area (Å²) in [4.78, 5) is 22.9. The van der Waals surface area contributed by atoms with Gasteiger partial charge in [-0.25, -0.2) is 4.98 Å². The lowest BCUT2D eigenvalue weighted by Crippen LogP contribution is -2.43. The number of rotatable bonds is 6. The van der Waals surface area contributed by atoms with Gasteiger partial charge in [-0.3, -0.25) is 14.6 Å². The summed E-state index contributed by atoms with van der Waals surface area (Å²) in [6.45, 7) is 6.74. The second-order valence-electron chi connectivity index (χ2n) is 6.65. The molecule has 6 nitrogen and oxygen atoms in total. The van der Waals surface area contributed by atoms with Gasteiger partial charge in [0.05, 0.1) is 29.9 Å². The van der Waals surface area contributed by atoms with Crippen molar-refractivity contribution < 1.29 is 14.3 Å². The molecule has 4 rings (SSSR count). The molecule has 0 radical (unpaired) electrons. The number of carbonyl (C=O) groups is 1. The number of aryl methyl sites for hydroxylation is 1. The number of morpholine rings is 1. The minimum Gasteiger partial charge on any atom is -0.494 e. The molecule has 0 saturated carbocycles. The van der Waals surface area contributed by atoms with Crippen molar-refractivity contribution in [2.24, 2.45) is 0 Å². The van der Waals surface area contributed by atoms with Crippen LogP contribution in [0.5, 0.6) is 5.75 Å². The van der Waals surface area contributed by atoms with Gasteiger partial charge in [0.15, 0.2) is 5.13 Å². The van der Waals surface area contributed by atoms with E-state index in [1.54, 1.807) is 18.4 Å². The van der Waals surface area contributed by atoms with Crippen molar-refractivity contribution in [2.45, 2.75) is 6.92 Å². The molecule has 3 heterocycles. The van der Waals surface area contributed by atoms with Crippen LogP contribution in [0.3, 0.4) is 0 Å². The summed E-state index contributed by atoms with van der Waals surface area (Å²) in [5.74, 6) is 0.735. The molecule has 1 aliphatic heterocycles. The molecule has 1 saturated heterocycles. The lowest BCUT2D eigenvalue weighted by atomic mass is 10.2. The maximum Gasteiger partial charge on any atom is 0.270 e. The van der Waals surface area contributed by atoms with Gasteiger partial charge < -0.3 is 9.47 Å². The highest BCUT2D eigenvalue weighted by Gasteiger charge is 2.24. The summed E-state index contributed by atoms with van der Waals surface area (Å²) >= 11 is 3.01. The summed E-state index contributed by atoms with van der Waals surface area (Å²) in [5, 5.41) is 2.65. The summed E-state index contributed by atoms with van der Waals surface area (Å²) in [7, 11) is 1.65. The van der Waals surface area contributed by atoms with Crippen LogP contribution in [0.4, 0.5) is 5.13 Å². The molecule has 1 amide bonds. The number of thiazole rings is 1. The highest BCUT2D eigenvalue weighted by molar-refractivity contribution is 7.22. The van der Waals surface area contributed by atoms with Crippen LogP contribution in [-0.4, -0.2) is 62.3 Å². The van der Waals surface area contributed by atoms with E-state index in [9.17, 15) is 4.79 Å². The number of benzene rings is 1. The Kier molecular flexibility index (Phi) is 7.48. The van der Waals surface area contributed by atoms with Gasteiger partial charge in [0, 0.05) is 26.2 Å². The predicted molar refractivity (Wildman–Crippen MR) is 121 cm³/mol. The van der Waals surface area contributed by atoms with Crippen molar-refractivity contribution in [2.75, 3.05) is 51.4 Å². The summed E-state index contributed by atoms with van der Waals surface area (Å²) in [6.07, 6.45) is 0. The first-order valence-corrected chi connectivity index (χ1v) is 11.0. The van der Waals surface area contributed by atoms with Crippen molar-refractivity contribution >= 4 is 56.3 Å². The van der Waals surface area contributed by atoms with E-state index < -0.39 is 0 Å². The predicted octanol–water partition coefficient (Wildman–Crippen LogP) is 4.08. The zero-order chi connectivity index (χ0) is 19.5. The minimum absolute atomic E-state index is 0. The first-order chi connectivity index (χ1) is 13.7. The molecule has 0 unspecified atom stereocenters. The van der Waals surface area contributed by atoms with Crippen LogP contribution < -0.4 is 9.64 Å². The average Bonchev–Trinajstić information content (AvgIpc) is 3.40. The van der Waals surface area contributed by atoms with Crippen molar-refractivity contribution in [3.8, 4) is 5.75 Å². The van der Waals surface area contributed by atoms with Crippen LogP contribution in [0.2, 0.25) is 0 Å². The van der Waals surface area contributed by atoms with E-state index in [1.807, 2.05) is 34.5 Å². The van der Waals surface area contributed by atoms with E-state index in [0.717, 1.165) is 59.3 Å². The molecule has 0 atom stereocenters. The maximum absolute atomic E-state index is 13.2. The van der Waals surface area contributed by atoms with Crippen LogP contribution in [0.15, 0.2) is 29.6 Å². The van der Waals surface area contributed by atoms with Crippen LogP contribution in [-0.2, 0) is 4.74 Å². The Balaban J connectivity index is 0.00000240. The number of thiophene rings is 1. The molecular weight excluding hydrogens is 430 g/mol. The van der Waals surface area contributed by atoms with E-state index in [-0.39, 0.29) is 18.3 Å². The highest BCUT2D eigenvalue weighted by atomic mass is 35.5. The monoisotopic (exact) mass is 453 g/mol. The Morgan fingerprint density at radius 2 is 2.10 bits per heavy atom. The second kappa shape index (κ2) is 9.86. The topological polar surface area (TPSA) is 54.9 Å². The number of hydrogen-bond acceptors (Lipinski definition) is 7. The number of ether oxygens (including phenoxy) is 2. The van der Waals surface area contributed by atoms with E-state index in [0.29, 0.717) is 11.7 Å². The molecule has 0 bridgehead atoms. The van der Waals surface area contributed by atoms with Crippen molar-refractivity contribution in [3.05, 3.63) is 40.1 Å². The number of carbonyl (C=O) groups excluding carboxylic acids is 1. The molecule has 1 aromatic carbocycles. The largest absolute Gasteiger partial charge is 0.494 e. The standard InChI is InChI=1S/C20H23N3O3S2.ClH/c1-14-5-6-15(25-2)17-18(14)28-20(21-17)23(19(24)16-4-3-13-27-16)8-7-22-9-11-26-12-10-22;/h3-6,13H,7-12H2,1-2H3;1H. The fourth-order valence-electron chi connectivity index (χ4n) is 3.26. The molecule has 156 valence electrons. The third-order valence-electron chi connectivity index (χ3n) is 4.86. The highest BCUT2D eigenvalue weighted by Crippen LogP contribution is 2.37. The van der Waals surface area contributed by atoms with Gasteiger partial charge in [-0.2, -0.15) is 0 Å². The van der Waals surface area contributed by atoms with E-state index in [4.69, 9.17) is 14.5 Å². The van der Waals surface area contributed by atoms with Gasteiger partial charge >= 0.3 is 0 Å². The molecule has 9 heteroatoms. The van der Waals surface area contributed by atoms with Gasteiger partial charge in [0.2, 0.25) is 0 Å². The SMILES string of the molecule is COc1ccc(C)c2sc(N(CCN3CCOCC3)C(=O)c3cccs3)nc12.Cl. The van der Waals surface area contributed by atoms with Crippen LogP contribution in [0.25, 0.3) is 10.2 Å². The summed E-state index contributed by atoms with van der Waals surface area (Å²) in [6, 6.07) is 7.74. The molecule has 0 aliphatic carbocycles. The molecule has 1 fully saturated rings. The lowest BCUT2D eigenvalue weighted by Gasteiger charge is -2.29. The Morgan fingerprint density at radius 3 is 2.79 bits per heavy atom. The zero-order valence-corrected chi connectivity index (χ0v) is 18.9.